The zero-order chi connectivity index (χ0) is 18.1. The number of unbranched alkanes of at least 4 members (excludes halogenated alkanes) is 3. The monoisotopic (exact) mass is 342 g/mol. The largest absolute Gasteiger partial charge is 0.493 e. The molecule has 0 fully saturated rings. The van der Waals surface area contributed by atoms with Crippen LogP contribution >= 0.6 is 0 Å². The van der Waals surface area contributed by atoms with Gasteiger partial charge in [0.15, 0.2) is 5.75 Å². The highest BCUT2D eigenvalue weighted by Crippen LogP contribution is 2.38. The predicted molar refractivity (Wildman–Crippen MR) is 95.2 cm³/mol. The Labute approximate surface area is 147 Å². The molecule has 0 saturated heterocycles. The van der Waals surface area contributed by atoms with E-state index in [9.17, 15) is 14.7 Å². The fraction of sp³-hybridized carbons (Fsp3) is 0.300. The van der Waals surface area contributed by atoms with E-state index >= 15 is 0 Å². The zero-order valence-corrected chi connectivity index (χ0v) is 14.2. The molecule has 5 nitrogen and oxygen atoms in total. The van der Waals surface area contributed by atoms with Gasteiger partial charge in [0.1, 0.15) is 11.3 Å². The van der Waals surface area contributed by atoms with Crippen molar-refractivity contribution < 1.29 is 24.2 Å². The lowest BCUT2D eigenvalue weighted by Gasteiger charge is -2.15. The third-order valence-corrected chi connectivity index (χ3v) is 3.84. The minimum absolute atomic E-state index is 0.0204. The first-order chi connectivity index (χ1) is 12.2. The summed E-state index contributed by atoms with van der Waals surface area (Å²) in [6, 6.07) is 12.1. The van der Waals surface area contributed by atoms with Crippen molar-refractivity contribution in [1.29, 1.82) is 0 Å². The summed E-state index contributed by atoms with van der Waals surface area (Å²) in [5.74, 6) is -0.499. The summed E-state index contributed by atoms with van der Waals surface area (Å²) in [5.41, 5.74) is 1.14. The van der Waals surface area contributed by atoms with Gasteiger partial charge in [0.05, 0.1) is 6.61 Å². The summed E-state index contributed by atoms with van der Waals surface area (Å²) in [5, 5.41) is 9.33. The number of carbonyl (C=O) groups is 2. The Morgan fingerprint density at radius 3 is 2.52 bits per heavy atom. The van der Waals surface area contributed by atoms with Crippen LogP contribution in [0.5, 0.6) is 11.5 Å². The van der Waals surface area contributed by atoms with Gasteiger partial charge in [0, 0.05) is 11.1 Å². The SMILES string of the molecule is CCCCCCOc1ccccc1-c1cccc(C(=O)O)c1OC=O. The van der Waals surface area contributed by atoms with E-state index < -0.39 is 5.97 Å². The molecule has 0 saturated carbocycles. The number of carboxylic acids is 1. The van der Waals surface area contributed by atoms with Crippen molar-refractivity contribution >= 4 is 12.4 Å². The fourth-order valence-corrected chi connectivity index (χ4v) is 2.62. The van der Waals surface area contributed by atoms with Gasteiger partial charge in [-0.15, -0.1) is 0 Å². The van der Waals surface area contributed by atoms with Gasteiger partial charge >= 0.3 is 5.97 Å². The van der Waals surface area contributed by atoms with Crippen LogP contribution in [0.25, 0.3) is 11.1 Å². The van der Waals surface area contributed by atoms with Crippen LogP contribution in [0.15, 0.2) is 42.5 Å². The number of hydrogen-bond acceptors (Lipinski definition) is 4. The molecule has 2 aromatic carbocycles. The molecule has 0 unspecified atom stereocenters. The highest BCUT2D eigenvalue weighted by atomic mass is 16.5. The lowest BCUT2D eigenvalue weighted by molar-refractivity contribution is -0.120. The van der Waals surface area contributed by atoms with Gasteiger partial charge in [-0.3, -0.25) is 4.79 Å². The van der Waals surface area contributed by atoms with E-state index in [0.29, 0.717) is 23.5 Å². The molecule has 1 N–H and O–H groups in total. The molecule has 25 heavy (non-hydrogen) atoms. The second kappa shape index (κ2) is 9.47. The van der Waals surface area contributed by atoms with E-state index in [-0.39, 0.29) is 17.8 Å². The Balaban J connectivity index is 2.33. The average Bonchev–Trinajstić information content (AvgIpc) is 2.62. The van der Waals surface area contributed by atoms with E-state index in [1.165, 1.54) is 12.5 Å². The van der Waals surface area contributed by atoms with Crippen LogP contribution in [0.1, 0.15) is 43.0 Å². The number of para-hydroxylation sites is 2. The molecule has 0 amide bonds. The van der Waals surface area contributed by atoms with Gasteiger partial charge in [-0.1, -0.05) is 56.5 Å². The summed E-state index contributed by atoms with van der Waals surface area (Å²) in [4.78, 5) is 22.3. The van der Waals surface area contributed by atoms with Gasteiger partial charge in [-0.25, -0.2) is 4.79 Å². The predicted octanol–water partition coefficient (Wildman–Crippen LogP) is 4.55. The van der Waals surface area contributed by atoms with E-state index in [4.69, 9.17) is 9.47 Å². The Morgan fingerprint density at radius 2 is 1.80 bits per heavy atom. The third-order valence-electron chi connectivity index (χ3n) is 3.84. The van der Waals surface area contributed by atoms with Crippen molar-refractivity contribution in [3.63, 3.8) is 0 Å². The standard InChI is InChI=1S/C20H22O5/c1-2-3-4-7-13-24-18-12-6-5-9-15(18)16-10-8-11-17(20(22)23)19(16)25-14-21/h5-6,8-12,14H,2-4,7,13H2,1H3,(H,22,23). The normalized spacial score (nSPS) is 10.3. The number of rotatable bonds is 10. The van der Waals surface area contributed by atoms with Gasteiger partial charge < -0.3 is 14.6 Å². The van der Waals surface area contributed by atoms with Crippen LogP contribution < -0.4 is 9.47 Å². The molecule has 0 aliphatic heterocycles. The summed E-state index contributed by atoms with van der Waals surface area (Å²) >= 11 is 0. The molecule has 2 aromatic rings. The molecule has 5 heteroatoms. The first kappa shape index (κ1) is 18.5. The molecule has 0 heterocycles. The molecule has 132 valence electrons. The van der Waals surface area contributed by atoms with Crippen LogP contribution in [0.2, 0.25) is 0 Å². The lowest BCUT2D eigenvalue weighted by Crippen LogP contribution is -2.04. The number of benzene rings is 2. The Hall–Kier alpha value is -2.82. The number of ether oxygens (including phenoxy) is 2. The molecule has 0 spiro atoms. The minimum atomic E-state index is -1.16. The fourth-order valence-electron chi connectivity index (χ4n) is 2.62. The third kappa shape index (κ3) is 4.83. The number of aromatic carboxylic acids is 1. The number of hydrogen-bond donors (Lipinski definition) is 1. The maximum atomic E-state index is 11.4. The molecule has 0 radical (unpaired) electrons. The van der Waals surface area contributed by atoms with Crippen LogP contribution in [0.4, 0.5) is 0 Å². The minimum Gasteiger partial charge on any atom is -0.493 e. The van der Waals surface area contributed by atoms with Crippen LogP contribution in [0.3, 0.4) is 0 Å². The number of carboxylic acid groups (broad SMARTS) is 1. The lowest BCUT2D eigenvalue weighted by atomic mass is 10.0. The number of carbonyl (C=O) groups excluding carboxylic acids is 1. The van der Waals surface area contributed by atoms with Crippen LogP contribution in [0, 0.1) is 0 Å². The Morgan fingerprint density at radius 1 is 1.04 bits per heavy atom. The van der Waals surface area contributed by atoms with Crippen molar-refractivity contribution in [2.45, 2.75) is 32.6 Å². The molecule has 0 bridgehead atoms. The first-order valence-corrected chi connectivity index (χ1v) is 8.37. The van der Waals surface area contributed by atoms with E-state index in [1.807, 2.05) is 24.3 Å². The van der Waals surface area contributed by atoms with Crippen molar-refractivity contribution in [2.75, 3.05) is 6.61 Å². The molecule has 0 aliphatic rings. The van der Waals surface area contributed by atoms with Gasteiger partial charge in [0.25, 0.3) is 6.47 Å². The molecule has 0 atom stereocenters. The topological polar surface area (TPSA) is 72.8 Å². The summed E-state index contributed by atoms with van der Waals surface area (Å²) < 4.78 is 10.9. The Kier molecular flexibility index (Phi) is 7.01. The van der Waals surface area contributed by atoms with Crippen molar-refractivity contribution in [3.05, 3.63) is 48.0 Å². The molecule has 2 rings (SSSR count). The summed E-state index contributed by atoms with van der Waals surface area (Å²) in [6.07, 6.45) is 4.38. The second-order valence-corrected chi connectivity index (χ2v) is 5.61. The van der Waals surface area contributed by atoms with Gasteiger partial charge in [0.2, 0.25) is 0 Å². The maximum absolute atomic E-state index is 11.4. The van der Waals surface area contributed by atoms with Gasteiger partial charge in [-0.2, -0.15) is 0 Å². The molecular formula is C20H22O5. The van der Waals surface area contributed by atoms with Gasteiger partial charge in [-0.05, 0) is 18.6 Å². The second-order valence-electron chi connectivity index (χ2n) is 5.61. The van der Waals surface area contributed by atoms with Crippen molar-refractivity contribution in [3.8, 4) is 22.6 Å². The molecular weight excluding hydrogens is 320 g/mol. The molecule has 0 aliphatic carbocycles. The van der Waals surface area contributed by atoms with E-state index in [2.05, 4.69) is 6.92 Å². The van der Waals surface area contributed by atoms with Crippen molar-refractivity contribution in [2.24, 2.45) is 0 Å². The van der Waals surface area contributed by atoms with E-state index in [0.717, 1.165) is 19.3 Å². The highest BCUT2D eigenvalue weighted by Gasteiger charge is 2.19. The summed E-state index contributed by atoms with van der Waals surface area (Å²) in [7, 11) is 0. The van der Waals surface area contributed by atoms with Crippen LogP contribution in [-0.4, -0.2) is 24.2 Å². The Bertz CT molecular complexity index is 724. The maximum Gasteiger partial charge on any atom is 0.339 e. The summed E-state index contributed by atoms with van der Waals surface area (Å²) in [6.45, 7) is 2.97. The van der Waals surface area contributed by atoms with Crippen LogP contribution in [-0.2, 0) is 4.79 Å². The highest BCUT2D eigenvalue weighted by molar-refractivity contribution is 5.95. The quantitative estimate of drug-likeness (QED) is 0.507. The zero-order valence-electron chi connectivity index (χ0n) is 14.2. The van der Waals surface area contributed by atoms with E-state index in [1.54, 1.807) is 12.1 Å². The average molecular weight is 342 g/mol. The molecule has 0 aromatic heterocycles. The van der Waals surface area contributed by atoms with Crippen molar-refractivity contribution in [1.82, 2.24) is 0 Å². The first-order valence-electron chi connectivity index (χ1n) is 8.37. The smallest absolute Gasteiger partial charge is 0.339 e.